The molecule has 0 saturated heterocycles. The van der Waals surface area contributed by atoms with Gasteiger partial charge in [-0.2, -0.15) is 0 Å². The minimum absolute atomic E-state index is 0.0685. The molecule has 44 heavy (non-hydrogen) atoms. The van der Waals surface area contributed by atoms with Crippen molar-refractivity contribution < 1.29 is 14.3 Å². The number of carbonyl (C=O) groups is 2. The van der Waals surface area contributed by atoms with Gasteiger partial charge >= 0.3 is 5.97 Å². The number of hydrogen-bond donors (Lipinski definition) is 0. The van der Waals surface area contributed by atoms with Crippen LogP contribution in [0.3, 0.4) is 0 Å². The van der Waals surface area contributed by atoms with E-state index in [4.69, 9.17) is 9.72 Å². The molecule has 3 aromatic heterocycles. The first kappa shape index (κ1) is 29.3. The Kier molecular flexibility index (Phi) is 8.07. The number of hydrogen-bond acceptors (Lipinski definition) is 7. The van der Waals surface area contributed by atoms with E-state index in [2.05, 4.69) is 0 Å². The topological polar surface area (TPSA) is 83.2 Å². The molecule has 6 rings (SSSR count). The number of rotatable bonds is 8. The van der Waals surface area contributed by atoms with Crippen LogP contribution in [0.25, 0.3) is 32.7 Å². The van der Waals surface area contributed by atoms with Crippen LogP contribution in [0.1, 0.15) is 37.7 Å². The highest BCUT2D eigenvalue weighted by Crippen LogP contribution is 2.33. The van der Waals surface area contributed by atoms with Gasteiger partial charge in [0.05, 0.1) is 29.5 Å². The molecule has 0 unspecified atom stereocenters. The highest BCUT2D eigenvalue weighted by Gasteiger charge is 2.22. The van der Waals surface area contributed by atoms with Crippen LogP contribution in [0.5, 0.6) is 0 Å². The number of fused-ring (bicyclic) bond motifs is 1. The molecule has 0 spiro atoms. The standard InChI is InChI=1S/C35H29N3O4S2/c1-21-10-12-24(13-11-21)29-19-43-32-31(29)33(40)38(26-8-6-5-7-9-26)35(36-32)44-20-30(39)28-18-22(2)37(23(28)3)27-16-14-25(15-17-27)34(41)42-4/h5-19H,20H2,1-4H3. The minimum Gasteiger partial charge on any atom is -0.465 e. The maximum absolute atomic E-state index is 14.1. The summed E-state index contributed by atoms with van der Waals surface area (Å²) in [5.74, 6) is -0.367. The average Bonchev–Trinajstić information content (AvgIpc) is 3.60. The number of methoxy groups -OCH3 is 1. The predicted octanol–water partition coefficient (Wildman–Crippen LogP) is 7.59. The Morgan fingerprint density at radius 3 is 2.25 bits per heavy atom. The van der Waals surface area contributed by atoms with Crippen molar-refractivity contribution >= 4 is 45.1 Å². The van der Waals surface area contributed by atoms with Crippen LogP contribution >= 0.6 is 23.1 Å². The van der Waals surface area contributed by atoms with Crippen molar-refractivity contribution in [3.63, 3.8) is 0 Å². The molecule has 0 N–H and O–H groups in total. The van der Waals surface area contributed by atoms with Crippen molar-refractivity contribution in [2.75, 3.05) is 12.9 Å². The van der Waals surface area contributed by atoms with E-state index < -0.39 is 5.97 Å². The lowest BCUT2D eigenvalue weighted by Crippen LogP contribution is -2.22. The molecule has 0 amide bonds. The molecule has 0 bridgehead atoms. The summed E-state index contributed by atoms with van der Waals surface area (Å²) >= 11 is 2.69. The fourth-order valence-electron chi connectivity index (χ4n) is 5.33. The van der Waals surface area contributed by atoms with Crippen molar-refractivity contribution in [3.05, 3.63) is 129 Å². The number of nitrogens with zero attached hydrogens (tertiary/aromatic N) is 3. The predicted molar refractivity (Wildman–Crippen MR) is 177 cm³/mol. The van der Waals surface area contributed by atoms with Crippen LogP contribution in [0.2, 0.25) is 0 Å². The van der Waals surface area contributed by atoms with Crippen molar-refractivity contribution in [2.45, 2.75) is 25.9 Å². The summed E-state index contributed by atoms with van der Waals surface area (Å²) in [6.45, 7) is 5.88. The van der Waals surface area contributed by atoms with Crippen LogP contribution in [0.15, 0.2) is 100 Å². The number of aromatic nitrogens is 3. The summed E-state index contributed by atoms with van der Waals surface area (Å²) in [5, 5.41) is 3.01. The van der Waals surface area contributed by atoms with Gasteiger partial charge in [-0.1, -0.05) is 59.8 Å². The van der Waals surface area contributed by atoms with E-state index >= 15 is 0 Å². The zero-order chi connectivity index (χ0) is 31.0. The van der Waals surface area contributed by atoms with Crippen LogP contribution in [0.4, 0.5) is 0 Å². The van der Waals surface area contributed by atoms with E-state index in [9.17, 15) is 14.4 Å². The second kappa shape index (κ2) is 12.1. The molecule has 0 aliphatic rings. The summed E-state index contributed by atoms with van der Waals surface area (Å²) in [6, 6.07) is 26.5. The molecular weight excluding hydrogens is 591 g/mol. The quantitative estimate of drug-likeness (QED) is 0.0756. The zero-order valence-corrected chi connectivity index (χ0v) is 26.3. The van der Waals surface area contributed by atoms with Gasteiger partial charge < -0.3 is 9.30 Å². The van der Waals surface area contributed by atoms with Crippen molar-refractivity contribution in [2.24, 2.45) is 0 Å². The highest BCUT2D eigenvalue weighted by atomic mass is 32.2. The molecule has 3 heterocycles. The Bertz CT molecular complexity index is 2070. The fourth-order valence-corrected chi connectivity index (χ4v) is 7.22. The molecule has 0 saturated carbocycles. The van der Waals surface area contributed by atoms with Gasteiger partial charge in [0.2, 0.25) is 0 Å². The van der Waals surface area contributed by atoms with Crippen molar-refractivity contribution in [3.8, 4) is 22.5 Å². The average molecular weight is 620 g/mol. The molecule has 0 fully saturated rings. The lowest BCUT2D eigenvalue weighted by molar-refractivity contribution is 0.0600. The van der Waals surface area contributed by atoms with E-state index in [1.165, 1.54) is 30.2 Å². The maximum atomic E-state index is 14.1. The number of thiophene rings is 1. The zero-order valence-electron chi connectivity index (χ0n) is 24.7. The van der Waals surface area contributed by atoms with Crippen LogP contribution in [0, 0.1) is 20.8 Å². The van der Waals surface area contributed by atoms with Gasteiger partial charge in [-0.25, -0.2) is 9.78 Å². The monoisotopic (exact) mass is 619 g/mol. The summed E-state index contributed by atoms with van der Waals surface area (Å²) < 4.78 is 8.40. The Morgan fingerprint density at radius 1 is 0.886 bits per heavy atom. The molecule has 6 aromatic rings. The van der Waals surface area contributed by atoms with Crippen LogP contribution in [-0.4, -0.2) is 38.7 Å². The maximum Gasteiger partial charge on any atom is 0.337 e. The van der Waals surface area contributed by atoms with E-state index in [1.807, 2.05) is 104 Å². The number of ether oxygens (including phenoxy) is 1. The van der Waals surface area contributed by atoms with Crippen LogP contribution in [-0.2, 0) is 4.74 Å². The second-order valence-corrected chi connectivity index (χ2v) is 12.2. The molecule has 3 aromatic carbocycles. The van der Waals surface area contributed by atoms with Crippen LogP contribution < -0.4 is 5.56 Å². The summed E-state index contributed by atoms with van der Waals surface area (Å²) in [6.07, 6.45) is 0. The van der Waals surface area contributed by atoms with Gasteiger partial charge in [-0.15, -0.1) is 11.3 Å². The summed E-state index contributed by atoms with van der Waals surface area (Å²) in [5.41, 5.74) is 7.07. The summed E-state index contributed by atoms with van der Waals surface area (Å²) in [7, 11) is 1.35. The Hall–Kier alpha value is -4.73. The third-order valence-electron chi connectivity index (χ3n) is 7.56. The first-order valence-electron chi connectivity index (χ1n) is 14.0. The smallest absolute Gasteiger partial charge is 0.337 e. The normalized spacial score (nSPS) is 11.2. The Balaban J connectivity index is 1.34. The van der Waals surface area contributed by atoms with Gasteiger partial charge in [-0.3, -0.25) is 14.2 Å². The van der Waals surface area contributed by atoms with Crippen molar-refractivity contribution in [1.29, 1.82) is 0 Å². The minimum atomic E-state index is -0.403. The summed E-state index contributed by atoms with van der Waals surface area (Å²) in [4.78, 5) is 45.2. The fraction of sp³-hybridized carbons (Fsp3) is 0.143. The molecule has 0 aliphatic carbocycles. The third kappa shape index (κ3) is 5.40. The number of aryl methyl sites for hydroxylation is 2. The number of carbonyl (C=O) groups excluding carboxylic acids is 2. The lowest BCUT2D eigenvalue weighted by atomic mass is 10.1. The van der Waals surface area contributed by atoms with E-state index in [0.717, 1.165) is 33.8 Å². The van der Waals surface area contributed by atoms with E-state index in [1.54, 1.807) is 16.7 Å². The lowest BCUT2D eigenvalue weighted by Gasteiger charge is -2.13. The Labute approximate surface area is 262 Å². The SMILES string of the molecule is COC(=O)c1ccc(-n2c(C)cc(C(=O)CSc3nc4scc(-c5ccc(C)cc5)c4c(=O)n3-c3ccccc3)c2C)cc1. The Morgan fingerprint density at radius 2 is 1.57 bits per heavy atom. The number of benzene rings is 3. The number of para-hydroxylation sites is 1. The first-order chi connectivity index (χ1) is 21.3. The first-order valence-corrected chi connectivity index (χ1v) is 15.8. The molecular formula is C35H29N3O4S2. The molecule has 0 atom stereocenters. The molecule has 0 aliphatic heterocycles. The van der Waals surface area contributed by atoms with Gasteiger partial charge in [0.15, 0.2) is 10.9 Å². The number of thioether (sulfide) groups is 1. The van der Waals surface area contributed by atoms with Crippen molar-refractivity contribution in [1.82, 2.24) is 14.1 Å². The van der Waals surface area contributed by atoms with Gasteiger partial charge in [0.1, 0.15) is 4.83 Å². The number of esters is 1. The highest BCUT2D eigenvalue weighted by molar-refractivity contribution is 7.99. The van der Waals surface area contributed by atoms with Gasteiger partial charge in [-0.05, 0) is 68.8 Å². The van der Waals surface area contributed by atoms with Gasteiger partial charge in [0, 0.05) is 33.6 Å². The van der Waals surface area contributed by atoms with E-state index in [-0.39, 0.29) is 17.1 Å². The number of Topliss-reactive ketones (excluding diaryl/α,β-unsaturated/α-hetero) is 1. The van der Waals surface area contributed by atoms with E-state index in [0.29, 0.717) is 32.2 Å². The molecule has 7 nitrogen and oxygen atoms in total. The molecule has 220 valence electrons. The second-order valence-electron chi connectivity index (χ2n) is 10.4. The number of ketones is 1. The molecule has 9 heteroatoms. The van der Waals surface area contributed by atoms with Gasteiger partial charge in [0.25, 0.3) is 5.56 Å². The molecule has 0 radical (unpaired) electrons. The third-order valence-corrected chi connectivity index (χ3v) is 9.38. The largest absolute Gasteiger partial charge is 0.465 e.